The van der Waals surface area contributed by atoms with Crippen LogP contribution in [-0.2, 0) is 25.5 Å². The Morgan fingerprint density at radius 1 is 1.20 bits per heavy atom. The summed E-state index contributed by atoms with van der Waals surface area (Å²) in [6.45, 7) is 0. The third kappa shape index (κ3) is 4.17. The first-order valence-electron chi connectivity index (χ1n) is 8.77. The molecule has 1 aromatic carbocycles. The number of pyridine rings is 1. The lowest BCUT2D eigenvalue weighted by atomic mass is 10.1. The number of hydrogen-bond acceptors (Lipinski definition) is 5. The number of hydrogen-bond donors (Lipinski definition) is 1. The molecule has 162 valence electrons. The predicted octanol–water partition coefficient (Wildman–Crippen LogP) is 3.56. The van der Waals surface area contributed by atoms with Crippen molar-refractivity contribution < 1.29 is 40.6 Å². The van der Waals surface area contributed by atoms with Crippen molar-refractivity contribution in [2.45, 2.75) is 35.3 Å². The fraction of sp³-hybridized carbons (Fsp3) is 0.368. The van der Waals surface area contributed by atoms with Gasteiger partial charge in [-0.05, 0) is 37.1 Å². The van der Waals surface area contributed by atoms with Gasteiger partial charge in [0.1, 0.15) is 5.82 Å². The largest absolute Gasteiger partial charge is 0.481 e. The first-order valence-corrected chi connectivity index (χ1v) is 10.3. The summed E-state index contributed by atoms with van der Waals surface area (Å²) in [5.41, 5.74) is -1.39. The Hall–Kier alpha value is -2.53. The molecule has 2 aromatic rings. The monoisotopic (exact) mass is 447 g/mol. The fourth-order valence-corrected chi connectivity index (χ4v) is 5.62. The zero-order chi connectivity index (χ0) is 22.3. The quantitative estimate of drug-likeness (QED) is 0.705. The molecule has 11 heteroatoms. The molecular formula is C19H17F4NO5S. The number of halogens is 4. The van der Waals surface area contributed by atoms with Gasteiger partial charge in [-0.15, -0.1) is 0 Å². The van der Waals surface area contributed by atoms with E-state index in [4.69, 9.17) is 4.74 Å². The van der Waals surface area contributed by atoms with Gasteiger partial charge in [0, 0.05) is 12.7 Å². The zero-order valence-corrected chi connectivity index (χ0v) is 16.4. The third-order valence-electron chi connectivity index (χ3n) is 5.13. The molecule has 0 unspecified atom stereocenters. The number of ether oxygens (including phenoxy) is 1. The molecule has 1 aromatic heterocycles. The van der Waals surface area contributed by atoms with Crippen LogP contribution in [-0.4, -0.2) is 42.9 Å². The average molecular weight is 447 g/mol. The highest BCUT2D eigenvalue weighted by Crippen LogP contribution is 2.41. The van der Waals surface area contributed by atoms with E-state index < -0.39 is 55.5 Å². The van der Waals surface area contributed by atoms with Gasteiger partial charge in [0.15, 0.2) is 9.84 Å². The van der Waals surface area contributed by atoms with Crippen LogP contribution >= 0.6 is 0 Å². The van der Waals surface area contributed by atoms with Crippen LogP contribution in [0.5, 0.6) is 0 Å². The van der Waals surface area contributed by atoms with E-state index in [1.807, 2.05) is 0 Å². The third-order valence-corrected chi connectivity index (χ3v) is 7.37. The second-order valence-corrected chi connectivity index (χ2v) is 9.12. The summed E-state index contributed by atoms with van der Waals surface area (Å²) in [7, 11) is -3.29. The number of methoxy groups -OCH3 is 1. The van der Waals surface area contributed by atoms with E-state index in [1.165, 1.54) is 13.2 Å². The van der Waals surface area contributed by atoms with Gasteiger partial charge in [0.2, 0.25) is 0 Å². The highest BCUT2D eigenvalue weighted by atomic mass is 32.2. The van der Waals surface area contributed by atoms with Gasteiger partial charge in [-0.2, -0.15) is 13.2 Å². The molecule has 0 spiro atoms. The summed E-state index contributed by atoms with van der Waals surface area (Å²) in [6, 6.07) is 4.82. The number of alkyl halides is 3. The average Bonchev–Trinajstić information content (AvgIpc) is 3.13. The second kappa shape index (κ2) is 7.95. The molecule has 0 amide bonds. The fourth-order valence-electron chi connectivity index (χ4n) is 3.61. The summed E-state index contributed by atoms with van der Waals surface area (Å²) >= 11 is 0. The van der Waals surface area contributed by atoms with Crippen LogP contribution in [0.4, 0.5) is 17.6 Å². The molecule has 3 rings (SSSR count). The zero-order valence-electron chi connectivity index (χ0n) is 15.6. The van der Waals surface area contributed by atoms with Crippen LogP contribution in [0.1, 0.15) is 18.4 Å². The molecular weight excluding hydrogens is 430 g/mol. The van der Waals surface area contributed by atoms with E-state index in [2.05, 4.69) is 4.98 Å². The summed E-state index contributed by atoms with van der Waals surface area (Å²) < 4.78 is 85.2. The number of carbonyl (C=O) groups is 1. The highest BCUT2D eigenvalue weighted by Gasteiger charge is 2.47. The van der Waals surface area contributed by atoms with Crippen molar-refractivity contribution >= 4 is 15.8 Å². The first kappa shape index (κ1) is 22.2. The molecule has 1 N–H and O–H groups in total. The van der Waals surface area contributed by atoms with Crippen molar-refractivity contribution in [1.29, 1.82) is 0 Å². The molecule has 3 atom stereocenters. The van der Waals surface area contributed by atoms with Crippen molar-refractivity contribution in [1.82, 2.24) is 4.98 Å². The van der Waals surface area contributed by atoms with Crippen LogP contribution in [0.2, 0.25) is 0 Å². The summed E-state index contributed by atoms with van der Waals surface area (Å²) in [4.78, 5) is 14.1. The number of carboxylic acids is 1. The maximum atomic E-state index is 13.7. The van der Waals surface area contributed by atoms with Gasteiger partial charge in [-0.3, -0.25) is 9.78 Å². The maximum absolute atomic E-state index is 13.7. The van der Waals surface area contributed by atoms with Crippen LogP contribution in [0.3, 0.4) is 0 Å². The highest BCUT2D eigenvalue weighted by molar-refractivity contribution is 7.92. The topological polar surface area (TPSA) is 93.6 Å². The minimum absolute atomic E-state index is 0.0362. The normalized spacial score (nSPS) is 22.2. The molecule has 1 fully saturated rings. The Balaban J connectivity index is 2.06. The van der Waals surface area contributed by atoms with Gasteiger partial charge < -0.3 is 9.84 Å². The van der Waals surface area contributed by atoms with Crippen LogP contribution < -0.4 is 0 Å². The predicted molar refractivity (Wildman–Crippen MR) is 96.8 cm³/mol. The summed E-state index contributed by atoms with van der Waals surface area (Å²) in [5.74, 6) is -3.07. The van der Waals surface area contributed by atoms with Crippen molar-refractivity contribution in [3.8, 4) is 11.3 Å². The van der Waals surface area contributed by atoms with Gasteiger partial charge in [-0.1, -0.05) is 6.07 Å². The van der Waals surface area contributed by atoms with E-state index in [9.17, 15) is 35.9 Å². The van der Waals surface area contributed by atoms with Crippen molar-refractivity contribution in [3.05, 3.63) is 47.9 Å². The van der Waals surface area contributed by atoms with E-state index in [0.29, 0.717) is 6.07 Å². The summed E-state index contributed by atoms with van der Waals surface area (Å²) in [5, 5.41) is 7.91. The number of carboxylic acid groups (broad SMARTS) is 1. The molecule has 0 bridgehead atoms. The van der Waals surface area contributed by atoms with Crippen molar-refractivity contribution in [2.24, 2.45) is 5.92 Å². The number of sulfone groups is 1. The van der Waals surface area contributed by atoms with Crippen molar-refractivity contribution in [2.75, 3.05) is 7.11 Å². The van der Waals surface area contributed by atoms with Crippen LogP contribution in [0, 0.1) is 11.7 Å². The molecule has 0 aliphatic heterocycles. The minimum Gasteiger partial charge on any atom is -0.481 e. The van der Waals surface area contributed by atoms with Crippen LogP contribution in [0.25, 0.3) is 11.3 Å². The molecule has 1 saturated carbocycles. The lowest BCUT2D eigenvalue weighted by Gasteiger charge is -2.18. The van der Waals surface area contributed by atoms with Gasteiger partial charge in [0.25, 0.3) is 0 Å². The van der Waals surface area contributed by atoms with E-state index in [1.54, 1.807) is 0 Å². The first-order chi connectivity index (χ1) is 13.9. The lowest BCUT2D eigenvalue weighted by molar-refractivity contribution is -0.145. The van der Waals surface area contributed by atoms with E-state index in [0.717, 1.165) is 24.4 Å². The Kier molecular flexibility index (Phi) is 5.87. The summed E-state index contributed by atoms with van der Waals surface area (Å²) in [6.07, 6.45) is -5.66. The molecule has 0 radical (unpaired) electrons. The molecule has 1 aliphatic rings. The number of benzene rings is 1. The number of nitrogens with zero attached hydrogens (tertiary/aromatic N) is 1. The van der Waals surface area contributed by atoms with Gasteiger partial charge >= 0.3 is 12.1 Å². The van der Waals surface area contributed by atoms with E-state index in [-0.39, 0.29) is 24.1 Å². The van der Waals surface area contributed by atoms with Gasteiger partial charge in [-0.25, -0.2) is 12.8 Å². The Labute approximate surface area is 169 Å². The van der Waals surface area contributed by atoms with E-state index >= 15 is 0 Å². The minimum atomic E-state index is -5.00. The number of aliphatic carboxylic acids is 1. The maximum Gasteiger partial charge on any atom is 0.417 e. The Morgan fingerprint density at radius 3 is 2.40 bits per heavy atom. The Bertz CT molecular complexity index is 1050. The molecule has 1 heterocycles. The van der Waals surface area contributed by atoms with Gasteiger partial charge in [0.05, 0.1) is 39.6 Å². The lowest BCUT2D eigenvalue weighted by Crippen LogP contribution is -2.24. The molecule has 0 saturated heterocycles. The second-order valence-electron chi connectivity index (χ2n) is 6.93. The van der Waals surface area contributed by atoms with Crippen LogP contribution in [0.15, 0.2) is 41.4 Å². The number of rotatable bonds is 5. The molecule has 30 heavy (non-hydrogen) atoms. The smallest absolute Gasteiger partial charge is 0.417 e. The standard InChI is InChI=1S/C19H17F4NO5S/c1-29-16-8-12(7-13(16)18(25)26)30(27,28)17-5-2-10(6-14(17)19(21,22)23)15-4-3-11(20)9-24-15/h2-6,9,12-13,16H,7-8H2,1H3,(H,25,26)/t12-,13-,16-/m0/s1. The molecule has 1 aliphatic carbocycles. The SMILES string of the molecule is CO[C@H]1C[C@@H](S(=O)(=O)c2ccc(-c3ccc(F)cn3)cc2C(F)(F)F)C[C@@H]1C(=O)O. The Morgan fingerprint density at radius 2 is 1.90 bits per heavy atom. The number of aromatic nitrogens is 1. The van der Waals surface area contributed by atoms with Crippen molar-refractivity contribution in [3.63, 3.8) is 0 Å². The molecule has 6 nitrogen and oxygen atoms in total.